The first-order valence-electron chi connectivity index (χ1n) is 8.71. The Bertz CT molecular complexity index is 685. The van der Waals surface area contributed by atoms with Crippen molar-refractivity contribution in [1.82, 2.24) is 19.6 Å². The van der Waals surface area contributed by atoms with E-state index in [0.29, 0.717) is 13.0 Å². The van der Waals surface area contributed by atoms with Gasteiger partial charge in [0.2, 0.25) is 5.91 Å². The zero-order valence-electron chi connectivity index (χ0n) is 14.2. The number of carbonyl (C=O) groups excluding carboxylic acids is 1. The molecule has 2 aliphatic heterocycles. The molecule has 2 aliphatic rings. The van der Waals surface area contributed by atoms with Gasteiger partial charge >= 0.3 is 0 Å². The molecule has 1 atom stereocenters. The third-order valence-corrected chi connectivity index (χ3v) is 6.70. The van der Waals surface area contributed by atoms with Gasteiger partial charge in [-0.2, -0.15) is 5.10 Å². The lowest BCUT2D eigenvalue weighted by molar-refractivity contribution is -0.127. The van der Waals surface area contributed by atoms with Crippen molar-refractivity contribution in [3.05, 3.63) is 18.0 Å². The molecule has 1 amide bonds. The van der Waals surface area contributed by atoms with Gasteiger partial charge in [-0.3, -0.25) is 14.4 Å². The van der Waals surface area contributed by atoms with Gasteiger partial charge in [-0.1, -0.05) is 6.92 Å². The van der Waals surface area contributed by atoms with Crippen LogP contribution in [0.5, 0.6) is 0 Å². The molecule has 1 unspecified atom stereocenters. The maximum Gasteiger partial charge on any atom is 0.222 e. The third-order valence-electron chi connectivity index (χ3n) is 5.01. The number of amides is 1. The molecule has 1 aromatic heterocycles. The number of hydrogen-bond donors (Lipinski definition) is 0. The van der Waals surface area contributed by atoms with Gasteiger partial charge in [0.15, 0.2) is 9.84 Å². The van der Waals surface area contributed by atoms with Crippen molar-refractivity contribution in [2.24, 2.45) is 0 Å². The van der Waals surface area contributed by atoms with Crippen LogP contribution in [0.15, 0.2) is 12.3 Å². The average molecular weight is 354 g/mol. The Labute approximate surface area is 143 Å². The molecule has 134 valence electrons. The predicted molar refractivity (Wildman–Crippen MR) is 91.3 cm³/mol. The van der Waals surface area contributed by atoms with E-state index in [0.717, 1.165) is 44.7 Å². The molecule has 3 heterocycles. The van der Waals surface area contributed by atoms with Crippen LogP contribution in [0.1, 0.15) is 37.9 Å². The Balaban J connectivity index is 1.62. The van der Waals surface area contributed by atoms with Crippen LogP contribution in [-0.4, -0.2) is 71.6 Å². The van der Waals surface area contributed by atoms with Crippen molar-refractivity contribution >= 4 is 15.7 Å². The van der Waals surface area contributed by atoms with Gasteiger partial charge in [-0.05, 0) is 18.9 Å². The van der Waals surface area contributed by atoms with E-state index in [2.05, 4.69) is 10.00 Å². The SMILES string of the molecule is CCS(=O)(=O)CCN1Cc2ccnn2C(CCN2CCCC2=O)C1. The fourth-order valence-electron chi connectivity index (χ4n) is 3.51. The summed E-state index contributed by atoms with van der Waals surface area (Å²) in [5.41, 5.74) is 1.12. The molecule has 0 aromatic carbocycles. The van der Waals surface area contributed by atoms with Gasteiger partial charge in [-0.15, -0.1) is 0 Å². The van der Waals surface area contributed by atoms with Crippen molar-refractivity contribution in [3.8, 4) is 0 Å². The lowest BCUT2D eigenvalue weighted by Gasteiger charge is -2.34. The molecule has 0 saturated carbocycles. The smallest absolute Gasteiger partial charge is 0.222 e. The molecule has 1 fully saturated rings. The van der Waals surface area contributed by atoms with E-state index in [1.807, 2.05) is 15.6 Å². The standard InChI is InChI=1S/C16H26N4O3S/c1-2-24(22,23)11-10-18-12-14-5-7-17-20(14)15(13-18)6-9-19-8-3-4-16(19)21/h5,7,15H,2-4,6,8-13H2,1H3. The fourth-order valence-corrected chi connectivity index (χ4v) is 4.33. The van der Waals surface area contributed by atoms with E-state index in [1.165, 1.54) is 0 Å². The molecule has 7 nitrogen and oxygen atoms in total. The Morgan fingerprint density at radius 3 is 2.88 bits per heavy atom. The van der Waals surface area contributed by atoms with Crippen LogP contribution >= 0.6 is 0 Å². The summed E-state index contributed by atoms with van der Waals surface area (Å²) in [6.07, 6.45) is 4.28. The summed E-state index contributed by atoms with van der Waals surface area (Å²) in [5, 5.41) is 4.43. The number of likely N-dealkylation sites (tertiary alicyclic amines) is 1. The Morgan fingerprint density at radius 1 is 1.33 bits per heavy atom. The van der Waals surface area contributed by atoms with E-state index in [4.69, 9.17) is 0 Å². The first-order chi connectivity index (χ1) is 11.5. The third kappa shape index (κ3) is 3.97. The molecule has 1 aromatic rings. The van der Waals surface area contributed by atoms with Crippen LogP contribution in [0, 0.1) is 0 Å². The summed E-state index contributed by atoms with van der Waals surface area (Å²) in [5.74, 6) is 0.645. The number of sulfone groups is 1. The van der Waals surface area contributed by atoms with Crippen LogP contribution in [0.2, 0.25) is 0 Å². The molecule has 0 aliphatic carbocycles. The number of aromatic nitrogens is 2. The van der Waals surface area contributed by atoms with Crippen LogP contribution in [0.4, 0.5) is 0 Å². The molecule has 3 rings (SSSR count). The minimum Gasteiger partial charge on any atom is -0.343 e. The topological polar surface area (TPSA) is 75.5 Å². The Kier molecular flexibility index (Phi) is 5.24. The molecule has 24 heavy (non-hydrogen) atoms. The second-order valence-corrected chi connectivity index (χ2v) is 9.14. The average Bonchev–Trinajstić information content (AvgIpc) is 3.19. The highest BCUT2D eigenvalue weighted by molar-refractivity contribution is 7.91. The second-order valence-electron chi connectivity index (χ2n) is 6.67. The maximum absolute atomic E-state index is 11.8. The minimum atomic E-state index is -2.95. The molecule has 0 bridgehead atoms. The molecule has 0 N–H and O–H groups in total. The van der Waals surface area contributed by atoms with Crippen LogP contribution in [0.25, 0.3) is 0 Å². The van der Waals surface area contributed by atoms with Crippen LogP contribution in [0.3, 0.4) is 0 Å². The van der Waals surface area contributed by atoms with Crippen molar-refractivity contribution in [2.75, 3.05) is 37.7 Å². The van der Waals surface area contributed by atoms with E-state index < -0.39 is 9.84 Å². The minimum absolute atomic E-state index is 0.194. The fraction of sp³-hybridized carbons (Fsp3) is 0.750. The van der Waals surface area contributed by atoms with Gasteiger partial charge in [-0.25, -0.2) is 8.42 Å². The van der Waals surface area contributed by atoms with E-state index >= 15 is 0 Å². The molecule has 8 heteroatoms. The first-order valence-corrected chi connectivity index (χ1v) is 10.5. The summed E-state index contributed by atoms with van der Waals surface area (Å²) in [6, 6.07) is 2.19. The number of fused-ring (bicyclic) bond motifs is 1. The van der Waals surface area contributed by atoms with Gasteiger partial charge in [0.05, 0.1) is 17.5 Å². The number of rotatable bonds is 7. The van der Waals surface area contributed by atoms with E-state index in [9.17, 15) is 13.2 Å². The highest BCUT2D eigenvalue weighted by Gasteiger charge is 2.28. The van der Waals surface area contributed by atoms with Crippen molar-refractivity contribution < 1.29 is 13.2 Å². The summed E-state index contributed by atoms with van der Waals surface area (Å²) >= 11 is 0. The van der Waals surface area contributed by atoms with Crippen molar-refractivity contribution in [3.63, 3.8) is 0 Å². The lowest BCUT2D eigenvalue weighted by atomic mass is 10.1. The monoisotopic (exact) mass is 354 g/mol. The highest BCUT2D eigenvalue weighted by Crippen LogP contribution is 2.24. The summed E-state index contributed by atoms with van der Waals surface area (Å²) in [4.78, 5) is 15.9. The quantitative estimate of drug-likeness (QED) is 0.720. The second kappa shape index (κ2) is 7.23. The lowest BCUT2D eigenvalue weighted by Crippen LogP contribution is -2.41. The summed E-state index contributed by atoms with van der Waals surface area (Å²) < 4.78 is 25.6. The normalized spacial score (nSPS) is 22.1. The van der Waals surface area contributed by atoms with Crippen LogP contribution < -0.4 is 0 Å². The zero-order chi connectivity index (χ0) is 17.2. The number of hydrogen-bond acceptors (Lipinski definition) is 5. The molecule has 1 saturated heterocycles. The molecule has 0 radical (unpaired) electrons. The maximum atomic E-state index is 11.8. The predicted octanol–water partition coefficient (Wildman–Crippen LogP) is 0.687. The van der Waals surface area contributed by atoms with Crippen molar-refractivity contribution in [1.29, 1.82) is 0 Å². The largest absolute Gasteiger partial charge is 0.343 e. The zero-order valence-corrected chi connectivity index (χ0v) is 15.0. The Hall–Kier alpha value is -1.41. The van der Waals surface area contributed by atoms with E-state index in [-0.39, 0.29) is 23.5 Å². The van der Waals surface area contributed by atoms with E-state index in [1.54, 1.807) is 13.1 Å². The highest BCUT2D eigenvalue weighted by atomic mass is 32.2. The number of carbonyl (C=O) groups is 1. The Morgan fingerprint density at radius 2 is 2.17 bits per heavy atom. The van der Waals surface area contributed by atoms with Crippen molar-refractivity contribution in [2.45, 2.75) is 38.8 Å². The van der Waals surface area contributed by atoms with Crippen LogP contribution in [-0.2, 0) is 21.2 Å². The van der Waals surface area contributed by atoms with Gasteiger partial charge in [0, 0.05) is 51.1 Å². The molecule has 0 spiro atoms. The van der Waals surface area contributed by atoms with Gasteiger partial charge in [0.1, 0.15) is 0 Å². The summed E-state index contributed by atoms with van der Waals surface area (Å²) in [6.45, 7) is 5.38. The first kappa shape index (κ1) is 17.4. The summed E-state index contributed by atoms with van der Waals surface area (Å²) in [7, 11) is -2.95. The molecular formula is C16H26N4O3S. The number of nitrogens with zero attached hydrogens (tertiary/aromatic N) is 4. The van der Waals surface area contributed by atoms with Gasteiger partial charge < -0.3 is 4.90 Å². The molecular weight excluding hydrogens is 328 g/mol. The van der Waals surface area contributed by atoms with Gasteiger partial charge in [0.25, 0.3) is 0 Å².